The predicted molar refractivity (Wildman–Crippen MR) is 66.9 cm³/mol. The number of carbonyl (C=O) groups excluding carboxylic acids is 2. The van der Waals surface area contributed by atoms with Gasteiger partial charge in [-0.2, -0.15) is 0 Å². The number of ether oxygens (including phenoxy) is 2. The lowest BCUT2D eigenvalue weighted by Crippen LogP contribution is -2.31. The van der Waals surface area contributed by atoms with Gasteiger partial charge in [-0.05, 0) is 12.1 Å². The van der Waals surface area contributed by atoms with Gasteiger partial charge in [0.15, 0.2) is 11.5 Å². The third-order valence-corrected chi connectivity index (χ3v) is 2.17. The number of hydrogen-bond donors (Lipinski definition) is 2. The third-order valence-electron chi connectivity index (χ3n) is 2.17. The van der Waals surface area contributed by atoms with E-state index in [1.165, 1.54) is 21.1 Å². The Kier molecular flexibility index (Phi) is 4.98. The molecule has 1 aromatic carbocycles. The Bertz CT molecular complexity index is 446. The number of methoxy groups -OCH3 is 2. The van der Waals surface area contributed by atoms with Gasteiger partial charge in [-0.15, -0.1) is 0 Å². The molecule has 0 heterocycles. The summed E-state index contributed by atoms with van der Waals surface area (Å²) in [6, 6.07) is 5.02. The van der Waals surface area contributed by atoms with Gasteiger partial charge in [0.1, 0.15) is 0 Å². The van der Waals surface area contributed by atoms with Crippen molar-refractivity contribution < 1.29 is 19.1 Å². The van der Waals surface area contributed by atoms with E-state index in [2.05, 4.69) is 10.6 Å². The van der Waals surface area contributed by atoms with Gasteiger partial charge >= 0.3 is 0 Å². The molecule has 98 valence electrons. The van der Waals surface area contributed by atoms with Gasteiger partial charge in [-0.1, -0.05) is 0 Å². The Balaban J connectivity index is 2.67. The van der Waals surface area contributed by atoms with E-state index in [9.17, 15) is 9.59 Å². The van der Waals surface area contributed by atoms with E-state index < -0.39 is 0 Å². The molecule has 0 aromatic heterocycles. The molecule has 2 amide bonds. The molecule has 0 aliphatic rings. The lowest BCUT2D eigenvalue weighted by molar-refractivity contribution is -0.122. The van der Waals surface area contributed by atoms with Crippen LogP contribution in [0.15, 0.2) is 18.2 Å². The minimum atomic E-state index is -0.308. The van der Waals surface area contributed by atoms with Crippen LogP contribution >= 0.6 is 0 Å². The van der Waals surface area contributed by atoms with Gasteiger partial charge in [0.05, 0.1) is 20.8 Å². The van der Waals surface area contributed by atoms with Crippen molar-refractivity contribution in [1.29, 1.82) is 0 Å². The van der Waals surface area contributed by atoms with Gasteiger partial charge in [0.25, 0.3) is 0 Å². The standard InChI is InChI=1S/C12H16N2O4/c1-8(15)13-7-12(16)14-9-4-5-10(17-2)11(6-9)18-3/h4-6H,7H2,1-3H3,(H,13,15)(H,14,16). The molecule has 2 N–H and O–H groups in total. The Morgan fingerprint density at radius 2 is 1.83 bits per heavy atom. The minimum absolute atomic E-state index is 0.0658. The molecule has 0 atom stereocenters. The first kappa shape index (κ1) is 13.8. The van der Waals surface area contributed by atoms with Gasteiger partial charge in [-0.25, -0.2) is 0 Å². The highest BCUT2D eigenvalue weighted by atomic mass is 16.5. The normalized spacial score (nSPS) is 9.50. The molecule has 0 aliphatic heterocycles. The van der Waals surface area contributed by atoms with Crippen LogP contribution in [-0.2, 0) is 9.59 Å². The summed E-state index contributed by atoms with van der Waals surface area (Å²) in [7, 11) is 3.05. The zero-order valence-electron chi connectivity index (χ0n) is 10.6. The fourth-order valence-electron chi connectivity index (χ4n) is 1.32. The third kappa shape index (κ3) is 3.97. The van der Waals surface area contributed by atoms with Crippen LogP contribution in [0, 0.1) is 0 Å². The van der Waals surface area contributed by atoms with Crippen LogP contribution in [0.1, 0.15) is 6.92 Å². The number of hydrogen-bond acceptors (Lipinski definition) is 4. The highest BCUT2D eigenvalue weighted by Crippen LogP contribution is 2.29. The Labute approximate surface area is 105 Å². The number of anilines is 1. The topological polar surface area (TPSA) is 76.7 Å². The molecule has 1 aromatic rings. The highest BCUT2D eigenvalue weighted by molar-refractivity contribution is 5.94. The van der Waals surface area contributed by atoms with E-state index in [0.717, 1.165) is 0 Å². The van der Waals surface area contributed by atoms with E-state index in [0.29, 0.717) is 17.2 Å². The molecular weight excluding hydrogens is 236 g/mol. The molecule has 0 bridgehead atoms. The predicted octanol–water partition coefficient (Wildman–Crippen LogP) is 0.778. The van der Waals surface area contributed by atoms with Crippen LogP contribution in [0.3, 0.4) is 0 Å². The molecule has 0 fully saturated rings. The van der Waals surface area contributed by atoms with Crippen molar-refractivity contribution >= 4 is 17.5 Å². The average molecular weight is 252 g/mol. The maximum absolute atomic E-state index is 11.5. The fraction of sp³-hybridized carbons (Fsp3) is 0.333. The quantitative estimate of drug-likeness (QED) is 0.811. The summed E-state index contributed by atoms with van der Waals surface area (Å²) in [5.41, 5.74) is 0.572. The molecule has 6 heteroatoms. The number of rotatable bonds is 5. The summed E-state index contributed by atoms with van der Waals surface area (Å²) in [5, 5.41) is 5.04. The van der Waals surface area contributed by atoms with Crippen LogP contribution < -0.4 is 20.1 Å². The number of benzene rings is 1. The van der Waals surface area contributed by atoms with Crippen LogP contribution in [0.25, 0.3) is 0 Å². The number of carbonyl (C=O) groups is 2. The number of amides is 2. The van der Waals surface area contributed by atoms with Crippen molar-refractivity contribution in [2.75, 3.05) is 26.1 Å². The van der Waals surface area contributed by atoms with Crippen LogP contribution in [0.2, 0.25) is 0 Å². The lowest BCUT2D eigenvalue weighted by Gasteiger charge is -2.10. The zero-order chi connectivity index (χ0) is 13.5. The monoisotopic (exact) mass is 252 g/mol. The number of nitrogens with one attached hydrogen (secondary N) is 2. The fourth-order valence-corrected chi connectivity index (χ4v) is 1.32. The summed E-state index contributed by atoms with van der Waals surface area (Å²) in [4.78, 5) is 22.1. The Hall–Kier alpha value is -2.24. The first-order chi connectivity index (χ1) is 8.56. The van der Waals surface area contributed by atoms with Crippen molar-refractivity contribution in [3.63, 3.8) is 0 Å². The van der Waals surface area contributed by atoms with E-state index in [4.69, 9.17) is 9.47 Å². The largest absolute Gasteiger partial charge is 0.493 e. The van der Waals surface area contributed by atoms with Crippen LogP contribution in [-0.4, -0.2) is 32.6 Å². The summed E-state index contributed by atoms with van der Waals surface area (Å²) < 4.78 is 10.2. The van der Waals surface area contributed by atoms with Crippen LogP contribution in [0.5, 0.6) is 11.5 Å². The van der Waals surface area contributed by atoms with Gasteiger partial charge in [-0.3, -0.25) is 9.59 Å². The highest BCUT2D eigenvalue weighted by Gasteiger charge is 2.07. The van der Waals surface area contributed by atoms with E-state index >= 15 is 0 Å². The minimum Gasteiger partial charge on any atom is -0.493 e. The summed E-state index contributed by atoms with van der Waals surface area (Å²) in [6.07, 6.45) is 0. The molecule has 0 radical (unpaired) electrons. The van der Waals surface area contributed by atoms with E-state index in [-0.39, 0.29) is 18.4 Å². The Morgan fingerprint density at radius 3 is 2.39 bits per heavy atom. The van der Waals surface area contributed by atoms with Crippen molar-refractivity contribution in [3.8, 4) is 11.5 Å². The van der Waals surface area contributed by atoms with E-state index in [1.54, 1.807) is 18.2 Å². The van der Waals surface area contributed by atoms with Crippen molar-refractivity contribution in [2.45, 2.75) is 6.92 Å². The maximum Gasteiger partial charge on any atom is 0.243 e. The summed E-state index contributed by atoms with van der Waals surface area (Å²) in [5.74, 6) is 0.544. The summed E-state index contributed by atoms with van der Waals surface area (Å²) >= 11 is 0. The first-order valence-electron chi connectivity index (χ1n) is 5.33. The second-order valence-corrected chi connectivity index (χ2v) is 3.53. The molecule has 0 saturated heterocycles. The maximum atomic E-state index is 11.5. The van der Waals surface area contributed by atoms with Crippen molar-refractivity contribution in [1.82, 2.24) is 5.32 Å². The van der Waals surface area contributed by atoms with Gasteiger partial charge in [0.2, 0.25) is 11.8 Å². The molecule has 1 rings (SSSR count). The lowest BCUT2D eigenvalue weighted by atomic mass is 10.2. The molecular formula is C12H16N2O4. The van der Waals surface area contributed by atoms with E-state index in [1.807, 2.05) is 0 Å². The summed E-state index contributed by atoms with van der Waals surface area (Å²) in [6.45, 7) is 1.29. The second kappa shape index (κ2) is 6.48. The SMILES string of the molecule is COc1ccc(NC(=O)CNC(C)=O)cc1OC. The van der Waals surface area contributed by atoms with Crippen LogP contribution in [0.4, 0.5) is 5.69 Å². The second-order valence-electron chi connectivity index (χ2n) is 3.53. The molecule has 0 unspecified atom stereocenters. The molecule has 0 spiro atoms. The molecule has 6 nitrogen and oxygen atoms in total. The van der Waals surface area contributed by atoms with Gasteiger partial charge in [0, 0.05) is 18.7 Å². The smallest absolute Gasteiger partial charge is 0.243 e. The molecule has 0 saturated carbocycles. The molecule has 18 heavy (non-hydrogen) atoms. The van der Waals surface area contributed by atoms with Gasteiger partial charge < -0.3 is 20.1 Å². The average Bonchev–Trinajstić information content (AvgIpc) is 2.36. The van der Waals surface area contributed by atoms with Crippen molar-refractivity contribution in [2.24, 2.45) is 0 Å². The van der Waals surface area contributed by atoms with Crippen molar-refractivity contribution in [3.05, 3.63) is 18.2 Å². The Morgan fingerprint density at radius 1 is 1.17 bits per heavy atom. The zero-order valence-corrected chi connectivity index (χ0v) is 10.6. The first-order valence-corrected chi connectivity index (χ1v) is 5.33. The molecule has 0 aliphatic carbocycles.